The number of methoxy groups -OCH3 is 1. The second kappa shape index (κ2) is 5.04. The highest BCUT2D eigenvalue weighted by Crippen LogP contribution is 2.31. The normalized spacial score (nSPS) is 14.2. The predicted molar refractivity (Wildman–Crippen MR) is 70.0 cm³/mol. The van der Waals surface area contributed by atoms with Crippen LogP contribution in [-0.2, 0) is 12.0 Å². The first-order valence-electron chi connectivity index (χ1n) is 5.60. The number of aliphatic hydroxyl groups is 1. The third kappa shape index (κ3) is 2.68. The van der Waals surface area contributed by atoms with Gasteiger partial charge in [0.2, 0.25) is 0 Å². The highest BCUT2D eigenvalue weighted by molar-refractivity contribution is 6.30. The van der Waals surface area contributed by atoms with Crippen LogP contribution in [0.2, 0.25) is 5.02 Å². The quantitative estimate of drug-likeness (QED) is 0.922. The molecule has 3 nitrogen and oxygen atoms in total. The zero-order valence-electron chi connectivity index (χ0n) is 10.3. The average molecular weight is 267 g/mol. The van der Waals surface area contributed by atoms with Gasteiger partial charge >= 0.3 is 0 Å². The van der Waals surface area contributed by atoms with Crippen LogP contribution in [0.4, 0.5) is 0 Å². The molecule has 0 saturated heterocycles. The first-order valence-corrected chi connectivity index (χ1v) is 5.98. The van der Waals surface area contributed by atoms with E-state index in [1.165, 1.54) is 6.26 Å². The Morgan fingerprint density at radius 3 is 2.78 bits per heavy atom. The molecular weight excluding hydrogens is 252 g/mol. The molecule has 0 spiro atoms. The molecule has 0 aliphatic heterocycles. The predicted octanol–water partition coefficient (Wildman–Crippen LogP) is 3.39. The molecule has 0 aliphatic rings. The van der Waals surface area contributed by atoms with Crippen molar-refractivity contribution in [2.75, 3.05) is 7.11 Å². The van der Waals surface area contributed by atoms with E-state index < -0.39 is 5.60 Å². The highest BCUT2D eigenvalue weighted by atomic mass is 35.5. The number of halogens is 1. The van der Waals surface area contributed by atoms with Gasteiger partial charge in [0.1, 0.15) is 5.75 Å². The van der Waals surface area contributed by atoms with E-state index >= 15 is 0 Å². The SMILES string of the molecule is COc1ccc(Cl)cc1CC(C)(O)c1ccoc1. The average Bonchev–Trinajstić information content (AvgIpc) is 2.83. The second-order valence-electron chi connectivity index (χ2n) is 4.42. The number of benzene rings is 1. The van der Waals surface area contributed by atoms with Crippen LogP contribution >= 0.6 is 11.6 Å². The number of rotatable bonds is 4. The van der Waals surface area contributed by atoms with Crippen molar-refractivity contribution in [1.82, 2.24) is 0 Å². The fourth-order valence-corrected chi connectivity index (χ4v) is 2.12. The maximum absolute atomic E-state index is 10.5. The maximum Gasteiger partial charge on any atom is 0.122 e. The third-order valence-corrected chi connectivity index (χ3v) is 3.16. The van der Waals surface area contributed by atoms with Crippen LogP contribution < -0.4 is 4.74 Å². The standard InChI is InChI=1S/C14H15ClO3/c1-14(16,11-5-6-18-9-11)8-10-7-12(15)3-4-13(10)17-2/h3-7,9,16H,8H2,1-2H3. The van der Waals surface area contributed by atoms with Crippen molar-refractivity contribution in [3.05, 3.63) is 52.9 Å². The minimum Gasteiger partial charge on any atom is -0.496 e. The molecule has 0 saturated carbocycles. The van der Waals surface area contributed by atoms with Crippen molar-refractivity contribution in [3.63, 3.8) is 0 Å². The molecule has 18 heavy (non-hydrogen) atoms. The van der Waals surface area contributed by atoms with Crippen LogP contribution in [0.25, 0.3) is 0 Å². The van der Waals surface area contributed by atoms with E-state index in [-0.39, 0.29) is 0 Å². The van der Waals surface area contributed by atoms with Gasteiger partial charge in [-0.3, -0.25) is 0 Å². The van der Waals surface area contributed by atoms with Gasteiger partial charge in [-0.2, -0.15) is 0 Å². The molecule has 0 radical (unpaired) electrons. The Labute approximate surface area is 111 Å². The van der Waals surface area contributed by atoms with Gasteiger partial charge in [0.15, 0.2) is 0 Å². The van der Waals surface area contributed by atoms with Gasteiger partial charge in [0.25, 0.3) is 0 Å². The third-order valence-electron chi connectivity index (χ3n) is 2.92. The Hall–Kier alpha value is -1.45. The summed E-state index contributed by atoms with van der Waals surface area (Å²) < 4.78 is 10.3. The highest BCUT2D eigenvalue weighted by Gasteiger charge is 2.26. The minimum atomic E-state index is -1.02. The summed E-state index contributed by atoms with van der Waals surface area (Å²) in [6.07, 6.45) is 3.48. The van der Waals surface area contributed by atoms with Gasteiger partial charge in [-0.05, 0) is 36.8 Å². The summed E-state index contributed by atoms with van der Waals surface area (Å²) in [6, 6.07) is 7.10. The van der Waals surface area contributed by atoms with E-state index in [2.05, 4.69) is 0 Å². The molecule has 0 amide bonds. The van der Waals surface area contributed by atoms with E-state index in [9.17, 15) is 5.11 Å². The van der Waals surface area contributed by atoms with Crippen LogP contribution in [0.5, 0.6) is 5.75 Å². The molecule has 1 N–H and O–H groups in total. The molecule has 1 aromatic carbocycles. The number of hydrogen-bond donors (Lipinski definition) is 1. The number of hydrogen-bond acceptors (Lipinski definition) is 3. The van der Waals surface area contributed by atoms with E-state index in [1.54, 1.807) is 44.6 Å². The maximum atomic E-state index is 10.5. The van der Waals surface area contributed by atoms with E-state index in [4.69, 9.17) is 20.8 Å². The molecule has 96 valence electrons. The molecular formula is C14H15ClO3. The smallest absolute Gasteiger partial charge is 0.122 e. The summed E-state index contributed by atoms with van der Waals surface area (Å²) in [5, 5.41) is 11.1. The molecule has 4 heteroatoms. The zero-order chi connectivity index (χ0) is 13.2. The lowest BCUT2D eigenvalue weighted by Gasteiger charge is -2.23. The first-order chi connectivity index (χ1) is 8.53. The van der Waals surface area contributed by atoms with Crippen LogP contribution in [-0.4, -0.2) is 12.2 Å². The summed E-state index contributed by atoms with van der Waals surface area (Å²) in [5.41, 5.74) is 0.561. The topological polar surface area (TPSA) is 42.6 Å². The van der Waals surface area contributed by atoms with Gasteiger partial charge in [0.05, 0.1) is 25.2 Å². The molecule has 0 aliphatic carbocycles. The van der Waals surface area contributed by atoms with Crippen molar-refractivity contribution >= 4 is 11.6 Å². The van der Waals surface area contributed by atoms with Gasteiger partial charge in [0, 0.05) is 17.0 Å². The lowest BCUT2D eigenvalue weighted by Crippen LogP contribution is -2.23. The summed E-state index contributed by atoms with van der Waals surface area (Å²) >= 11 is 5.97. The molecule has 2 aromatic rings. The van der Waals surface area contributed by atoms with E-state index in [1.807, 2.05) is 0 Å². The lowest BCUT2D eigenvalue weighted by molar-refractivity contribution is 0.0563. The first kappa shape index (κ1) is 13.0. The summed E-state index contributed by atoms with van der Waals surface area (Å²) in [7, 11) is 1.60. The molecule has 0 bridgehead atoms. The Kier molecular flexibility index (Phi) is 3.64. The van der Waals surface area contributed by atoms with Gasteiger partial charge < -0.3 is 14.3 Å². The Morgan fingerprint density at radius 2 is 2.17 bits per heavy atom. The van der Waals surface area contributed by atoms with Crippen molar-refractivity contribution in [2.24, 2.45) is 0 Å². The number of ether oxygens (including phenoxy) is 1. The molecule has 0 fully saturated rings. The van der Waals surface area contributed by atoms with Crippen molar-refractivity contribution in [2.45, 2.75) is 18.9 Å². The van der Waals surface area contributed by atoms with Crippen molar-refractivity contribution < 1.29 is 14.3 Å². The number of furan rings is 1. The molecule has 1 heterocycles. The second-order valence-corrected chi connectivity index (χ2v) is 4.86. The Balaban J connectivity index is 2.31. The molecule has 1 atom stereocenters. The van der Waals surface area contributed by atoms with Crippen molar-refractivity contribution in [3.8, 4) is 5.75 Å². The lowest BCUT2D eigenvalue weighted by atomic mass is 9.90. The summed E-state index contributed by atoms with van der Waals surface area (Å²) in [6.45, 7) is 1.73. The monoisotopic (exact) mass is 266 g/mol. The largest absolute Gasteiger partial charge is 0.496 e. The van der Waals surface area contributed by atoms with Gasteiger partial charge in [-0.1, -0.05) is 11.6 Å². The zero-order valence-corrected chi connectivity index (χ0v) is 11.1. The summed E-state index contributed by atoms with van der Waals surface area (Å²) in [5.74, 6) is 0.711. The van der Waals surface area contributed by atoms with Gasteiger partial charge in [-0.25, -0.2) is 0 Å². The van der Waals surface area contributed by atoms with Gasteiger partial charge in [-0.15, -0.1) is 0 Å². The fourth-order valence-electron chi connectivity index (χ4n) is 1.93. The Bertz CT molecular complexity index is 518. The molecule has 1 aromatic heterocycles. The molecule has 2 rings (SSSR count). The fraction of sp³-hybridized carbons (Fsp3) is 0.286. The van der Waals surface area contributed by atoms with Crippen LogP contribution in [0, 0.1) is 0 Å². The van der Waals surface area contributed by atoms with Crippen LogP contribution in [0.1, 0.15) is 18.1 Å². The van der Waals surface area contributed by atoms with E-state index in [0.29, 0.717) is 17.2 Å². The van der Waals surface area contributed by atoms with Crippen LogP contribution in [0.15, 0.2) is 41.2 Å². The molecule has 1 unspecified atom stereocenters. The minimum absolute atomic E-state index is 0.399. The van der Waals surface area contributed by atoms with Crippen LogP contribution in [0.3, 0.4) is 0 Å². The Morgan fingerprint density at radius 1 is 1.39 bits per heavy atom. The van der Waals surface area contributed by atoms with E-state index in [0.717, 1.165) is 11.1 Å². The van der Waals surface area contributed by atoms with Crippen molar-refractivity contribution in [1.29, 1.82) is 0 Å². The summed E-state index contributed by atoms with van der Waals surface area (Å²) in [4.78, 5) is 0.